The minimum Gasteiger partial charge on any atom is -0.367 e. The van der Waals surface area contributed by atoms with Crippen LogP contribution in [0.1, 0.15) is 0 Å². The van der Waals surface area contributed by atoms with Crippen molar-refractivity contribution in [2.75, 3.05) is 5.73 Å². The first-order valence-corrected chi connectivity index (χ1v) is 6.15. The van der Waals surface area contributed by atoms with Gasteiger partial charge in [0.25, 0.3) is 0 Å². The summed E-state index contributed by atoms with van der Waals surface area (Å²) >= 11 is 5.75. The molecule has 1 aromatic carbocycles. The zero-order valence-electron chi connectivity index (χ0n) is 10.2. The summed E-state index contributed by atoms with van der Waals surface area (Å²) in [6, 6.07) is 7.89. The molecule has 3 aromatic rings. The second-order valence-electron chi connectivity index (χ2n) is 4.14. The Balaban J connectivity index is 2.21. The number of aromatic nitrogens is 2. The van der Waals surface area contributed by atoms with E-state index in [0.29, 0.717) is 21.8 Å². The van der Waals surface area contributed by atoms with Gasteiger partial charge in [0.05, 0.1) is 5.56 Å². The van der Waals surface area contributed by atoms with Gasteiger partial charge >= 0.3 is 0 Å². The first kappa shape index (κ1) is 12.6. The van der Waals surface area contributed by atoms with Crippen LogP contribution in [0.2, 0.25) is 5.02 Å². The second-order valence-corrected chi connectivity index (χ2v) is 4.57. The zero-order chi connectivity index (χ0) is 14.1. The van der Waals surface area contributed by atoms with Gasteiger partial charge in [-0.15, -0.1) is 0 Å². The molecule has 0 fully saturated rings. The zero-order valence-corrected chi connectivity index (χ0v) is 10.9. The van der Waals surface area contributed by atoms with Gasteiger partial charge in [0, 0.05) is 28.5 Å². The third-order valence-electron chi connectivity index (χ3n) is 2.85. The molecular weight excluding hydrogens is 281 g/mol. The SMILES string of the molecule is Nc1onc(-c2ccc(Cl)cc2F)c1-c1cccnc1. The number of pyridine rings is 1. The first-order chi connectivity index (χ1) is 9.66. The Morgan fingerprint density at radius 3 is 2.80 bits per heavy atom. The van der Waals surface area contributed by atoms with Crippen molar-refractivity contribution in [2.45, 2.75) is 0 Å². The average Bonchev–Trinajstić information content (AvgIpc) is 2.81. The van der Waals surface area contributed by atoms with Crippen molar-refractivity contribution in [3.8, 4) is 22.4 Å². The fourth-order valence-corrected chi connectivity index (χ4v) is 2.12. The maximum atomic E-state index is 14.0. The minimum atomic E-state index is -0.490. The lowest BCUT2D eigenvalue weighted by Crippen LogP contribution is -1.90. The molecule has 0 amide bonds. The van der Waals surface area contributed by atoms with Crippen molar-refractivity contribution in [1.82, 2.24) is 10.1 Å². The third-order valence-corrected chi connectivity index (χ3v) is 3.09. The van der Waals surface area contributed by atoms with Gasteiger partial charge in [-0.05, 0) is 24.3 Å². The summed E-state index contributed by atoms with van der Waals surface area (Å²) in [5, 5.41) is 4.15. The Kier molecular flexibility index (Phi) is 3.12. The molecule has 3 rings (SSSR count). The van der Waals surface area contributed by atoms with Crippen LogP contribution in [0.4, 0.5) is 10.3 Å². The average molecular weight is 290 g/mol. The predicted molar refractivity (Wildman–Crippen MR) is 74.6 cm³/mol. The van der Waals surface area contributed by atoms with Crippen molar-refractivity contribution in [2.24, 2.45) is 0 Å². The summed E-state index contributed by atoms with van der Waals surface area (Å²) in [5.74, 6) is -0.377. The number of halogens is 2. The number of rotatable bonds is 2. The highest BCUT2D eigenvalue weighted by atomic mass is 35.5. The van der Waals surface area contributed by atoms with Crippen LogP contribution in [0.5, 0.6) is 0 Å². The van der Waals surface area contributed by atoms with Gasteiger partial charge in [0.2, 0.25) is 5.88 Å². The number of nitrogens with zero attached hydrogens (tertiary/aromatic N) is 2. The van der Waals surface area contributed by atoms with E-state index < -0.39 is 5.82 Å². The normalized spacial score (nSPS) is 10.7. The number of hydrogen-bond acceptors (Lipinski definition) is 4. The van der Waals surface area contributed by atoms with E-state index in [1.807, 2.05) is 0 Å². The number of benzene rings is 1. The summed E-state index contributed by atoms with van der Waals surface area (Å²) in [4.78, 5) is 4.01. The number of nitrogens with two attached hydrogens (primary N) is 1. The Morgan fingerprint density at radius 2 is 2.10 bits per heavy atom. The summed E-state index contributed by atoms with van der Waals surface area (Å²) in [6.45, 7) is 0. The Labute approximate surface area is 119 Å². The highest BCUT2D eigenvalue weighted by Gasteiger charge is 2.20. The Morgan fingerprint density at radius 1 is 1.25 bits per heavy atom. The van der Waals surface area contributed by atoms with Crippen LogP contribution < -0.4 is 5.73 Å². The van der Waals surface area contributed by atoms with Crippen LogP contribution in [-0.2, 0) is 0 Å². The molecule has 0 spiro atoms. The van der Waals surface area contributed by atoms with Crippen LogP contribution in [0, 0.1) is 5.82 Å². The topological polar surface area (TPSA) is 64.9 Å². The quantitative estimate of drug-likeness (QED) is 0.780. The maximum absolute atomic E-state index is 14.0. The number of nitrogen functional groups attached to an aromatic ring is 1. The smallest absolute Gasteiger partial charge is 0.230 e. The molecule has 0 saturated carbocycles. The summed E-state index contributed by atoms with van der Waals surface area (Å²) < 4.78 is 19.0. The molecule has 100 valence electrons. The van der Waals surface area contributed by atoms with Crippen molar-refractivity contribution < 1.29 is 8.91 Å². The van der Waals surface area contributed by atoms with Gasteiger partial charge in [0.1, 0.15) is 11.5 Å². The molecular formula is C14H9ClFN3O. The summed E-state index contributed by atoms with van der Waals surface area (Å²) in [5.41, 5.74) is 7.60. The highest BCUT2D eigenvalue weighted by Crippen LogP contribution is 2.37. The molecule has 0 aliphatic carbocycles. The van der Waals surface area contributed by atoms with E-state index in [2.05, 4.69) is 10.1 Å². The third kappa shape index (κ3) is 2.12. The Bertz CT molecular complexity index is 758. The van der Waals surface area contributed by atoms with Crippen LogP contribution in [-0.4, -0.2) is 10.1 Å². The van der Waals surface area contributed by atoms with E-state index >= 15 is 0 Å². The lowest BCUT2D eigenvalue weighted by atomic mass is 10.0. The molecule has 0 unspecified atom stereocenters. The largest absolute Gasteiger partial charge is 0.367 e. The second kappa shape index (κ2) is 4.94. The van der Waals surface area contributed by atoms with Crippen molar-refractivity contribution in [1.29, 1.82) is 0 Å². The van der Waals surface area contributed by atoms with Crippen LogP contribution in [0.3, 0.4) is 0 Å². The molecule has 0 bridgehead atoms. The Hall–Kier alpha value is -2.40. The fourth-order valence-electron chi connectivity index (χ4n) is 1.96. The van der Waals surface area contributed by atoms with Gasteiger partial charge in [-0.2, -0.15) is 0 Å². The van der Waals surface area contributed by atoms with Crippen LogP contribution in [0.15, 0.2) is 47.2 Å². The van der Waals surface area contributed by atoms with E-state index in [4.69, 9.17) is 21.9 Å². The maximum Gasteiger partial charge on any atom is 0.230 e. The van der Waals surface area contributed by atoms with E-state index in [1.165, 1.54) is 12.1 Å². The molecule has 6 heteroatoms. The predicted octanol–water partition coefficient (Wildman–Crippen LogP) is 3.78. The standard InChI is InChI=1S/C14H9ClFN3O/c15-9-3-4-10(11(16)6-9)13-12(14(17)20-19-13)8-2-1-5-18-7-8/h1-7H,17H2. The van der Waals surface area contributed by atoms with Gasteiger partial charge in [-0.3, -0.25) is 4.98 Å². The van der Waals surface area contributed by atoms with Gasteiger partial charge < -0.3 is 10.3 Å². The van der Waals surface area contributed by atoms with E-state index in [9.17, 15) is 4.39 Å². The molecule has 0 saturated heterocycles. The van der Waals surface area contributed by atoms with Crippen LogP contribution >= 0.6 is 11.6 Å². The van der Waals surface area contributed by atoms with Crippen molar-refractivity contribution >= 4 is 17.5 Å². The molecule has 2 N–H and O–H groups in total. The van der Waals surface area contributed by atoms with Crippen molar-refractivity contribution in [3.63, 3.8) is 0 Å². The van der Waals surface area contributed by atoms with E-state index in [-0.39, 0.29) is 11.4 Å². The molecule has 4 nitrogen and oxygen atoms in total. The number of anilines is 1. The highest BCUT2D eigenvalue weighted by molar-refractivity contribution is 6.30. The first-order valence-electron chi connectivity index (χ1n) is 5.78. The molecule has 2 aromatic heterocycles. The van der Waals surface area contributed by atoms with Gasteiger partial charge in [-0.25, -0.2) is 4.39 Å². The van der Waals surface area contributed by atoms with Crippen molar-refractivity contribution in [3.05, 3.63) is 53.6 Å². The van der Waals surface area contributed by atoms with Gasteiger partial charge in [-0.1, -0.05) is 22.8 Å². The molecule has 0 aliphatic heterocycles. The molecule has 2 heterocycles. The number of hydrogen-bond donors (Lipinski definition) is 1. The molecule has 0 aliphatic rings. The summed E-state index contributed by atoms with van der Waals surface area (Å²) in [6.07, 6.45) is 3.25. The molecule has 0 radical (unpaired) electrons. The lowest BCUT2D eigenvalue weighted by Gasteiger charge is -2.03. The van der Waals surface area contributed by atoms with Gasteiger partial charge in [0.15, 0.2) is 0 Å². The summed E-state index contributed by atoms with van der Waals surface area (Å²) in [7, 11) is 0. The van der Waals surface area contributed by atoms with Crippen LogP contribution in [0.25, 0.3) is 22.4 Å². The fraction of sp³-hybridized carbons (Fsp3) is 0. The van der Waals surface area contributed by atoms with E-state index in [1.54, 1.807) is 30.6 Å². The lowest BCUT2D eigenvalue weighted by molar-refractivity contribution is 0.439. The monoisotopic (exact) mass is 289 g/mol. The molecule has 0 atom stereocenters. The minimum absolute atomic E-state index is 0.113. The van der Waals surface area contributed by atoms with E-state index in [0.717, 1.165) is 0 Å². The molecule has 20 heavy (non-hydrogen) atoms.